The zero-order valence-electron chi connectivity index (χ0n) is 16.8. The summed E-state index contributed by atoms with van der Waals surface area (Å²) in [7, 11) is -2.82. The van der Waals surface area contributed by atoms with Crippen molar-refractivity contribution in [1.29, 1.82) is 0 Å². The van der Waals surface area contributed by atoms with Crippen molar-refractivity contribution in [2.24, 2.45) is 16.8 Å². The summed E-state index contributed by atoms with van der Waals surface area (Å²) in [6.07, 6.45) is 8.57. The molecule has 1 N–H and O–H groups in total. The number of likely N-dealkylation sites (tertiary alicyclic amines) is 2. The predicted molar refractivity (Wildman–Crippen MR) is 110 cm³/mol. The lowest BCUT2D eigenvalue weighted by Gasteiger charge is -2.48. The Kier molecular flexibility index (Phi) is 5.97. The van der Waals surface area contributed by atoms with Gasteiger partial charge in [-0.05, 0) is 63.3 Å². The topological polar surface area (TPSA) is 65.0 Å². The first-order chi connectivity index (χ1) is 13.1. The highest BCUT2D eigenvalue weighted by molar-refractivity contribution is 7.91. The number of aliphatic imine (C=N–C) groups is 1. The summed E-state index contributed by atoms with van der Waals surface area (Å²) in [6.45, 7) is 7.23. The van der Waals surface area contributed by atoms with E-state index in [1.165, 1.54) is 38.6 Å². The molecule has 3 heterocycles. The molecule has 0 amide bonds. The van der Waals surface area contributed by atoms with Gasteiger partial charge in [0.15, 0.2) is 15.8 Å². The number of fused-ring (bicyclic) bond motifs is 1. The molecule has 0 radical (unpaired) electrons. The largest absolute Gasteiger partial charge is 0.356 e. The highest BCUT2D eigenvalue weighted by Crippen LogP contribution is 2.38. The van der Waals surface area contributed by atoms with Gasteiger partial charge in [0.1, 0.15) is 0 Å². The van der Waals surface area contributed by atoms with Gasteiger partial charge in [0.2, 0.25) is 0 Å². The molecular weight excluding hydrogens is 360 g/mol. The molecule has 7 heteroatoms. The van der Waals surface area contributed by atoms with Crippen molar-refractivity contribution in [3.05, 3.63) is 0 Å². The van der Waals surface area contributed by atoms with Gasteiger partial charge in [-0.1, -0.05) is 6.92 Å². The van der Waals surface area contributed by atoms with Gasteiger partial charge in [0.25, 0.3) is 0 Å². The zero-order chi connectivity index (χ0) is 18.9. The molecule has 3 aliphatic heterocycles. The smallest absolute Gasteiger partial charge is 0.193 e. The van der Waals surface area contributed by atoms with Crippen molar-refractivity contribution >= 4 is 15.8 Å². The third-order valence-electron chi connectivity index (χ3n) is 6.79. The summed E-state index contributed by atoms with van der Waals surface area (Å²) in [4.78, 5) is 10.2. The van der Waals surface area contributed by atoms with E-state index in [0.29, 0.717) is 18.1 Å². The highest BCUT2D eigenvalue weighted by atomic mass is 32.2. The minimum Gasteiger partial charge on any atom is -0.356 e. The van der Waals surface area contributed by atoms with Crippen LogP contribution in [0.2, 0.25) is 0 Å². The van der Waals surface area contributed by atoms with Gasteiger partial charge in [-0.15, -0.1) is 0 Å². The summed E-state index contributed by atoms with van der Waals surface area (Å²) in [5.41, 5.74) is 0. The van der Waals surface area contributed by atoms with Crippen LogP contribution in [0.4, 0.5) is 0 Å². The molecule has 4 fully saturated rings. The lowest BCUT2D eigenvalue weighted by Crippen LogP contribution is -2.57. The van der Waals surface area contributed by atoms with Crippen LogP contribution in [-0.4, -0.2) is 80.5 Å². The average Bonchev–Trinajstić information content (AvgIpc) is 3.44. The van der Waals surface area contributed by atoms with Crippen molar-refractivity contribution in [3.8, 4) is 0 Å². The number of hydrogen-bond acceptors (Lipinski definition) is 4. The molecule has 3 unspecified atom stereocenters. The number of piperidine rings is 2. The summed E-state index contributed by atoms with van der Waals surface area (Å²) in [5, 5.41) is 3.54. The van der Waals surface area contributed by atoms with E-state index in [4.69, 9.17) is 4.99 Å². The monoisotopic (exact) mass is 396 g/mol. The molecule has 4 rings (SSSR count). The Morgan fingerprint density at radius 2 is 2.00 bits per heavy atom. The number of rotatable bonds is 5. The second-order valence-electron chi connectivity index (χ2n) is 9.03. The van der Waals surface area contributed by atoms with Crippen molar-refractivity contribution in [2.45, 2.75) is 64.0 Å². The van der Waals surface area contributed by atoms with Gasteiger partial charge >= 0.3 is 0 Å². The maximum absolute atomic E-state index is 11.7. The van der Waals surface area contributed by atoms with Crippen LogP contribution in [0.1, 0.15) is 51.9 Å². The summed E-state index contributed by atoms with van der Waals surface area (Å²) >= 11 is 0. The highest BCUT2D eigenvalue weighted by Gasteiger charge is 2.42. The van der Waals surface area contributed by atoms with Crippen molar-refractivity contribution in [3.63, 3.8) is 0 Å². The maximum atomic E-state index is 11.7. The summed E-state index contributed by atoms with van der Waals surface area (Å²) in [5.74, 6) is 2.64. The maximum Gasteiger partial charge on any atom is 0.193 e. The van der Waals surface area contributed by atoms with E-state index in [1.54, 1.807) is 0 Å². The molecule has 0 aromatic carbocycles. The molecule has 154 valence electrons. The van der Waals surface area contributed by atoms with Gasteiger partial charge < -0.3 is 10.2 Å². The van der Waals surface area contributed by atoms with Gasteiger partial charge in [-0.3, -0.25) is 9.89 Å². The number of nitrogens with zero attached hydrogens (tertiary/aromatic N) is 3. The first-order valence-corrected chi connectivity index (χ1v) is 12.9. The first-order valence-electron chi connectivity index (χ1n) is 11.0. The molecule has 27 heavy (non-hydrogen) atoms. The Labute approximate surface area is 164 Å². The molecule has 0 aromatic rings. The standard InChI is InChI=1S/C20H36N4O2S/c1-2-9-21-20(22-13-16-8-12-27(25,26)15-16)23-11-7-19-17(14-23)4-3-10-24(19)18-5-6-18/h16-19H,2-15H2,1H3,(H,21,22). The minimum atomic E-state index is -2.82. The Hall–Kier alpha value is -0.820. The molecular formula is C20H36N4O2S. The molecule has 1 saturated carbocycles. The lowest BCUT2D eigenvalue weighted by atomic mass is 9.83. The van der Waals surface area contributed by atoms with E-state index in [2.05, 4.69) is 22.0 Å². The molecule has 4 aliphatic rings. The van der Waals surface area contributed by atoms with Crippen LogP contribution in [0.5, 0.6) is 0 Å². The van der Waals surface area contributed by atoms with Gasteiger partial charge in [0, 0.05) is 38.3 Å². The van der Waals surface area contributed by atoms with Crippen LogP contribution in [-0.2, 0) is 9.84 Å². The quantitative estimate of drug-likeness (QED) is 0.566. The van der Waals surface area contributed by atoms with E-state index in [1.807, 2.05) is 0 Å². The zero-order valence-corrected chi connectivity index (χ0v) is 17.6. The fourth-order valence-corrected chi connectivity index (χ4v) is 7.08. The molecule has 0 spiro atoms. The minimum absolute atomic E-state index is 0.200. The molecule has 1 aliphatic carbocycles. The molecule has 3 atom stereocenters. The van der Waals surface area contributed by atoms with Crippen LogP contribution in [0.25, 0.3) is 0 Å². The van der Waals surface area contributed by atoms with Gasteiger partial charge in [-0.25, -0.2) is 8.42 Å². The van der Waals surface area contributed by atoms with Gasteiger partial charge in [0.05, 0.1) is 11.5 Å². The summed E-state index contributed by atoms with van der Waals surface area (Å²) in [6, 6.07) is 1.65. The molecule has 0 aromatic heterocycles. The first kappa shape index (κ1) is 19.5. The van der Waals surface area contributed by atoms with Crippen LogP contribution in [0, 0.1) is 11.8 Å². The number of hydrogen-bond donors (Lipinski definition) is 1. The predicted octanol–water partition coefficient (Wildman–Crippen LogP) is 1.73. The van der Waals surface area contributed by atoms with Crippen molar-refractivity contribution in [2.75, 3.05) is 44.2 Å². The number of sulfone groups is 1. The Morgan fingerprint density at radius 1 is 1.15 bits per heavy atom. The Morgan fingerprint density at radius 3 is 2.70 bits per heavy atom. The third-order valence-corrected chi connectivity index (χ3v) is 8.62. The van der Waals surface area contributed by atoms with Crippen LogP contribution < -0.4 is 5.32 Å². The molecule has 3 saturated heterocycles. The van der Waals surface area contributed by atoms with Crippen molar-refractivity contribution in [1.82, 2.24) is 15.1 Å². The second kappa shape index (κ2) is 8.27. The van der Waals surface area contributed by atoms with Gasteiger partial charge in [-0.2, -0.15) is 0 Å². The van der Waals surface area contributed by atoms with E-state index >= 15 is 0 Å². The van der Waals surface area contributed by atoms with E-state index in [0.717, 1.165) is 56.4 Å². The Balaban J connectivity index is 1.39. The van der Waals surface area contributed by atoms with E-state index in [9.17, 15) is 8.42 Å². The summed E-state index contributed by atoms with van der Waals surface area (Å²) < 4.78 is 23.5. The lowest BCUT2D eigenvalue weighted by molar-refractivity contribution is 0.0369. The van der Waals surface area contributed by atoms with Crippen LogP contribution in [0.15, 0.2) is 4.99 Å². The fraction of sp³-hybridized carbons (Fsp3) is 0.950. The fourth-order valence-electron chi connectivity index (χ4n) is 5.23. The average molecular weight is 397 g/mol. The van der Waals surface area contributed by atoms with Crippen LogP contribution in [0.3, 0.4) is 0 Å². The number of guanidine groups is 1. The Bertz CT molecular complexity index is 646. The van der Waals surface area contributed by atoms with E-state index < -0.39 is 9.84 Å². The normalized spacial score (nSPS) is 34.5. The molecule has 6 nitrogen and oxygen atoms in total. The molecule has 0 bridgehead atoms. The third kappa shape index (κ3) is 4.78. The SMILES string of the molecule is CCCNC(=NCC1CCS(=O)(=O)C1)N1CCC2C(CCCN2C2CC2)C1. The van der Waals surface area contributed by atoms with Crippen molar-refractivity contribution < 1.29 is 8.42 Å². The van der Waals surface area contributed by atoms with E-state index in [-0.39, 0.29) is 5.92 Å². The number of nitrogens with one attached hydrogen (secondary N) is 1. The second-order valence-corrected chi connectivity index (χ2v) is 11.3. The van der Waals surface area contributed by atoms with Crippen LogP contribution >= 0.6 is 0 Å².